The Bertz CT molecular complexity index is 212. The molecule has 0 aromatic rings. The summed E-state index contributed by atoms with van der Waals surface area (Å²) in [7, 11) is 2.15. The Morgan fingerprint density at radius 2 is 2.12 bits per heavy atom. The first-order chi connectivity index (χ1) is 7.63. The smallest absolute Gasteiger partial charge is 0.222 e. The monoisotopic (exact) mass is 227 g/mol. The minimum atomic E-state index is 0.0521. The van der Waals surface area contributed by atoms with Crippen molar-refractivity contribution in [2.45, 2.75) is 26.2 Å². The molecule has 0 radical (unpaired) electrons. The molecule has 1 atom stereocenters. The van der Waals surface area contributed by atoms with E-state index in [9.17, 15) is 4.79 Å². The van der Waals surface area contributed by atoms with E-state index in [2.05, 4.69) is 17.3 Å². The molecule has 1 heterocycles. The zero-order valence-corrected chi connectivity index (χ0v) is 10.5. The van der Waals surface area contributed by atoms with E-state index in [1.165, 1.54) is 12.8 Å². The third-order valence-electron chi connectivity index (χ3n) is 3.45. The molecule has 0 aromatic heterocycles. The predicted molar refractivity (Wildman–Crippen MR) is 66.1 cm³/mol. The molecule has 16 heavy (non-hydrogen) atoms. The molecule has 1 amide bonds. The van der Waals surface area contributed by atoms with E-state index in [1.54, 1.807) is 0 Å². The summed E-state index contributed by atoms with van der Waals surface area (Å²) in [5.74, 6) is 0.867. The predicted octanol–water partition coefficient (Wildman–Crippen LogP) is 0.429. The van der Waals surface area contributed by atoms with E-state index in [-0.39, 0.29) is 11.8 Å². The maximum atomic E-state index is 11.7. The van der Waals surface area contributed by atoms with Crippen LogP contribution in [0.3, 0.4) is 0 Å². The number of nitrogens with one attached hydrogen (secondary N) is 1. The third-order valence-corrected chi connectivity index (χ3v) is 3.45. The number of rotatable bonds is 5. The number of piperidine rings is 1. The SMILES string of the molecule is CC(CCN)C(=O)NCC1CCN(C)CC1. The van der Waals surface area contributed by atoms with Crippen LogP contribution in [-0.2, 0) is 4.79 Å². The van der Waals surface area contributed by atoms with Gasteiger partial charge in [0.1, 0.15) is 0 Å². The Morgan fingerprint density at radius 3 is 2.69 bits per heavy atom. The summed E-state index contributed by atoms with van der Waals surface area (Å²) >= 11 is 0. The largest absolute Gasteiger partial charge is 0.356 e. The van der Waals surface area contributed by atoms with Crippen molar-refractivity contribution in [2.75, 3.05) is 33.2 Å². The van der Waals surface area contributed by atoms with Crippen molar-refractivity contribution < 1.29 is 4.79 Å². The van der Waals surface area contributed by atoms with E-state index < -0.39 is 0 Å². The van der Waals surface area contributed by atoms with E-state index in [0.29, 0.717) is 12.5 Å². The normalized spacial score (nSPS) is 20.7. The summed E-state index contributed by atoms with van der Waals surface area (Å²) in [6.07, 6.45) is 3.17. The molecule has 4 heteroatoms. The summed E-state index contributed by atoms with van der Waals surface area (Å²) in [5, 5.41) is 3.04. The standard InChI is InChI=1S/C12H25N3O/c1-10(3-6-13)12(16)14-9-11-4-7-15(2)8-5-11/h10-11H,3-9,13H2,1-2H3,(H,14,16). The molecule has 1 aliphatic rings. The lowest BCUT2D eigenvalue weighted by molar-refractivity contribution is -0.124. The summed E-state index contributed by atoms with van der Waals surface area (Å²) in [5.41, 5.74) is 5.44. The lowest BCUT2D eigenvalue weighted by Crippen LogP contribution is -2.38. The van der Waals surface area contributed by atoms with Crippen molar-refractivity contribution >= 4 is 5.91 Å². The Morgan fingerprint density at radius 1 is 1.50 bits per heavy atom. The first-order valence-corrected chi connectivity index (χ1v) is 6.29. The van der Waals surface area contributed by atoms with Crippen molar-refractivity contribution in [3.63, 3.8) is 0 Å². The van der Waals surface area contributed by atoms with Crippen molar-refractivity contribution in [3.8, 4) is 0 Å². The quantitative estimate of drug-likeness (QED) is 0.716. The Hall–Kier alpha value is -0.610. The van der Waals surface area contributed by atoms with Gasteiger partial charge in [-0.3, -0.25) is 4.79 Å². The second-order valence-electron chi connectivity index (χ2n) is 4.97. The average Bonchev–Trinajstić information content (AvgIpc) is 2.28. The number of amides is 1. The van der Waals surface area contributed by atoms with E-state index in [0.717, 1.165) is 26.1 Å². The number of carbonyl (C=O) groups excluding carboxylic acids is 1. The molecule has 1 fully saturated rings. The number of hydrogen-bond donors (Lipinski definition) is 2. The highest BCUT2D eigenvalue weighted by Gasteiger charge is 2.18. The number of likely N-dealkylation sites (tertiary alicyclic amines) is 1. The lowest BCUT2D eigenvalue weighted by atomic mass is 9.97. The number of nitrogens with two attached hydrogens (primary N) is 1. The molecule has 0 bridgehead atoms. The van der Waals surface area contributed by atoms with Gasteiger partial charge in [-0.25, -0.2) is 0 Å². The van der Waals surface area contributed by atoms with Gasteiger partial charge in [-0.15, -0.1) is 0 Å². The second-order valence-corrected chi connectivity index (χ2v) is 4.97. The Labute approximate surface area is 98.6 Å². The zero-order valence-electron chi connectivity index (χ0n) is 10.5. The fraction of sp³-hybridized carbons (Fsp3) is 0.917. The molecule has 4 nitrogen and oxygen atoms in total. The van der Waals surface area contributed by atoms with Gasteiger partial charge in [0.2, 0.25) is 5.91 Å². The molecule has 1 aliphatic heterocycles. The zero-order chi connectivity index (χ0) is 12.0. The lowest BCUT2D eigenvalue weighted by Gasteiger charge is -2.29. The summed E-state index contributed by atoms with van der Waals surface area (Å²) < 4.78 is 0. The molecule has 1 rings (SSSR count). The van der Waals surface area contributed by atoms with E-state index >= 15 is 0 Å². The fourth-order valence-corrected chi connectivity index (χ4v) is 2.07. The van der Waals surface area contributed by atoms with Crippen LogP contribution in [0.5, 0.6) is 0 Å². The van der Waals surface area contributed by atoms with Gasteiger partial charge in [-0.2, -0.15) is 0 Å². The summed E-state index contributed by atoms with van der Waals surface area (Å²) in [6, 6.07) is 0. The number of hydrogen-bond acceptors (Lipinski definition) is 3. The van der Waals surface area contributed by atoms with Crippen molar-refractivity contribution in [2.24, 2.45) is 17.6 Å². The Kier molecular flexibility index (Phi) is 5.77. The molecule has 0 aromatic carbocycles. The van der Waals surface area contributed by atoms with Gasteiger partial charge in [-0.05, 0) is 51.9 Å². The first kappa shape index (κ1) is 13.5. The number of nitrogens with zero attached hydrogens (tertiary/aromatic N) is 1. The molecular formula is C12H25N3O. The molecule has 1 unspecified atom stereocenters. The number of carbonyl (C=O) groups is 1. The van der Waals surface area contributed by atoms with E-state index in [4.69, 9.17) is 5.73 Å². The molecule has 0 aliphatic carbocycles. The van der Waals surface area contributed by atoms with Gasteiger partial charge in [0, 0.05) is 12.5 Å². The molecule has 0 saturated carbocycles. The highest BCUT2D eigenvalue weighted by Crippen LogP contribution is 2.14. The molecule has 3 N–H and O–H groups in total. The topological polar surface area (TPSA) is 58.4 Å². The van der Waals surface area contributed by atoms with Crippen LogP contribution in [0.4, 0.5) is 0 Å². The van der Waals surface area contributed by atoms with Gasteiger partial charge in [0.25, 0.3) is 0 Å². The van der Waals surface area contributed by atoms with Crippen molar-refractivity contribution in [1.29, 1.82) is 0 Å². The summed E-state index contributed by atoms with van der Waals surface area (Å²) in [4.78, 5) is 14.0. The van der Waals surface area contributed by atoms with Gasteiger partial charge in [-0.1, -0.05) is 6.92 Å². The highest BCUT2D eigenvalue weighted by molar-refractivity contribution is 5.78. The minimum Gasteiger partial charge on any atom is -0.356 e. The average molecular weight is 227 g/mol. The Balaban J connectivity index is 2.16. The van der Waals surface area contributed by atoms with Crippen LogP contribution in [0.15, 0.2) is 0 Å². The van der Waals surface area contributed by atoms with Gasteiger partial charge in [0.05, 0.1) is 0 Å². The van der Waals surface area contributed by atoms with Crippen LogP contribution in [0.2, 0.25) is 0 Å². The molecular weight excluding hydrogens is 202 g/mol. The third kappa shape index (κ3) is 4.49. The van der Waals surface area contributed by atoms with Crippen LogP contribution >= 0.6 is 0 Å². The van der Waals surface area contributed by atoms with Crippen LogP contribution in [0.25, 0.3) is 0 Å². The molecule has 0 spiro atoms. The molecule has 1 saturated heterocycles. The van der Waals surface area contributed by atoms with Gasteiger partial charge < -0.3 is 16.0 Å². The van der Waals surface area contributed by atoms with Crippen LogP contribution in [-0.4, -0.2) is 44.0 Å². The summed E-state index contributed by atoms with van der Waals surface area (Å²) in [6.45, 7) is 5.67. The first-order valence-electron chi connectivity index (χ1n) is 6.29. The minimum absolute atomic E-state index is 0.0521. The van der Waals surface area contributed by atoms with Crippen LogP contribution in [0.1, 0.15) is 26.2 Å². The second kappa shape index (κ2) is 6.86. The maximum Gasteiger partial charge on any atom is 0.222 e. The maximum absolute atomic E-state index is 11.7. The van der Waals surface area contributed by atoms with Gasteiger partial charge in [0.15, 0.2) is 0 Å². The van der Waals surface area contributed by atoms with Crippen LogP contribution in [0, 0.1) is 11.8 Å². The van der Waals surface area contributed by atoms with E-state index in [1.807, 2.05) is 6.92 Å². The van der Waals surface area contributed by atoms with Crippen molar-refractivity contribution in [1.82, 2.24) is 10.2 Å². The highest BCUT2D eigenvalue weighted by atomic mass is 16.1. The fourth-order valence-electron chi connectivity index (χ4n) is 2.07. The van der Waals surface area contributed by atoms with Crippen LogP contribution < -0.4 is 11.1 Å². The van der Waals surface area contributed by atoms with Crippen molar-refractivity contribution in [3.05, 3.63) is 0 Å². The van der Waals surface area contributed by atoms with Gasteiger partial charge >= 0.3 is 0 Å². The molecule has 94 valence electrons.